The van der Waals surface area contributed by atoms with Crippen molar-refractivity contribution in [3.63, 3.8) is 0 Å². The molecule has 0 unspecified atom stereocenters. The van der Waals surface area contributed by atoms with E-state index in [2.05, 4.69) is 25.0 Å². The predicted molar refractivity (Wildman–Crippen MR) is 85.2 cm³/mol. The zero-order chi connectivity index (χ0) is 15.7. The van der Waals surface area contributed by atoms with Crippen LogP contribution in [0, 0.1) is 0 Å². The van der Waals surface area contributed by atoms with Gasteiger partial charge in [0.25, 0.3) is 5.91 Å². The lowest BCUT2D eigenvalue weighted by molar-refractivity contribution is 0.102. The molecule has 0 aliphatic rings. The molecule has 3 aromatic rings. The Morgan fingerprint density at radius 2 is 2.23 bits per heavy atom. The highest BCUT2D eigenvalue weighted by Gasteiger charge is 2.16. The summed E-state index contributed by atoms with van der Waals surface area (Å²) in [5, 5.41) is 12.0. The number of hydrogen-bond acceptors (Lipinski definition) is 6. The van der Waals surface area contributed by atoms with Gasteiger partial charge in [0.05, 0.1) is 23.8 Å². The van der Waals surface area contributed by atoms with E-state index in [9.17, 15) is 4.79 Å². The van der Waals surface area contributed by atoms with Crippen molar-refractivity contribution < 1.29 is 4.79 Å². The molecule has 0 bridgehead atoms. The fourth-order valence-corrected chi connectivity index (χ4v) is 2.83. The van der Waals surface area contributed by atoms with Crippen molar-refractivity contribution in [2.24, 2.45) is 0 Å². The first-order valence-electron chi connectivity index (χ1n) is 7.06. The Bertz CT molecular complexity index is 822. The minimum atomic E-state index is -0.204. The van der Waals surface area contributed by atoms with Gasteiger partial charge in [-0.1, -0.05) is 11.4 Å². The molecule has 1 N–H and O–H groups in total. The van der Waals surface area contributed by atoms with Gasteiger partial charge in [-0.3, -0.25) is 4.79 Å². The molecule has 0 saturated heterocycles. The third-order valence-electron chi connectivity index (χ3n) is 3.28. The van der Waals surface area contributed by atoms with Crippen molar-refractivity contribution >= 4 is 34.2 Å². The molecule has 3 heterocycles. The van der Waals surface area contributed by atoms with Crippen LogP contribution in [0.3, 0.4) is 0 Å². The van der Waals surface area contributed by atoms with Gasteiger partial charge in [0, 0.05) is 11.4 Å². The molecule has 3 aromatic heterocycles. The van der Waals surface area contributed by atoms with E-state index < -0.39 is 0 Å². The molecule has 0 aromatic carbocycles. The van der Waals surface area contributed by atoms with Gasteiger partial charge in [0.2, 0.25) is 0 Å². The summed E-state index contributed by atoms with van der Waals surface area (Å²) in [6.07, 6.45) is 4.07. The van der Waals surface area contributed by atoms with Crippen LogP contribution >= 0.6 is 11.5 Å². The first kappa shape index (κ1) is 14.6. The zero-order valence-corrected chi connectivity index (χ0v) is 13.4. The van der Waals surface area contributed by atoms with Crippen molar-refractivity contribution in [1.82, 2.24) is 24.4 Å². The molecule has 0 atom stereocenters. The fraction of sp³-hybridized carbons (Fsp3) is 0.357. The van der Waals surface area contributed by atoms with Gasteiger partial charge in [-0.2, -0.15) is 5.10 Å². The third kappa shape index (κ3) is 2.57. The molecule has 0 aliphatic carbocycles. The minimum absolute atomic E-state index is 0.204. The maximum absolute atomic E-state index is 12.3. The van der Waals surface area contributed by atoms with Gasteiger partial charge in [-0.25, -0.2) is 9.67 Å². The van der Waals surface area contributed by atoms with Crippen molar-refractivity contribution in [3.8, 4) is 0 Å². The number of pyridine rings is 1. The predicted octanol–water partition coefficient (Wildman–Crippen LogP) is 2.68. The second-order valence-corrected chi connectivity index (χ2v) is 5.93. The van der Waals surface area contributed by atoms with Crippen LogP contribution in [0.25, 0.3) is 11.0 Å². The second kappa shape index (κ2) is 5.80. The van der Waals surface area contributed by atoms with Gasteiger partial charge in [0.1, 0.15) is 4.88 Å². The Morgan fingerprint density at radius 3 is 2.95 bits per heavy atom. The minimum Gasteiger partial charge on any atom is -0.320 e. The normalized spacial score (nSPS) is 11.3. The van der Waals surface area contributed by atoms with Gasteiger partial charge in [-0.05, 0) is 37.9 Å². The molecular weight excluding hydrogens is 300 g/mol. The van der Waals surface area contributed by atoms with E-state index in [0.29, 0.717) is 22.7 Å². The fourth-order valence-electron chi connectivity index (χ4n) is 2.19. The second-order valence-electron chi connectivity index (χ2n) is 5.18. The lowest BCUT2D eigenvalue weighted by Crippen LogP contribution is -2.12. The van der Waals surface area contributed by atoms with E-state index in [4.69, 9.17) is 0 Å². The lowest BCUT2D eigenvalue weighted by atomic mass is 10.2. The van der Waals surface area contributed by atoms with Crippen molar-refractivity contribution in [1.29, 1.82) is 0 Å². The van der Waals surface area contributed by atoms with E-state index in [1.54, 1.807) is 12.4 Å². The summed E-state index contributed by atoms with van der Waals surface area (Å²) in [6, 6.07) is 2.10. The Balaban J connectivity index is 1.87. The van der Waals surface area contributed by atoms with Crippen LogP contribution in [0.2, 0.25) is 0 Å². The van der Waals surface area contributed by atoms with Crippen LogP contribution in [0.1, 0.15) is 42.2 Å². The number of amides is 1. The number of nitrogens with zero attached hydrogens (tertiary/aromatic N) is 5. The van der Waals surface area contributed by atoms with Crippen LogP contribution in [0.5, 0.6) is 0 Å². The molecule has 0 fully saturated rings. The van der Waals surface area contributed by atoms with Gasteiger partial charge < -0.3 is 5.32 Å². The number of hydrogen-bond donors (Lipinski definition) is 1. The number of aryl methyl sites for hydroxylation is 1. The molecule has 0 spiro atoms. The highest BCUT2D eigenvalue weighted by molar-refractivity contribution is 7.08. The Kier molecular flexibility index (Phi) is 3.84. The van der Waals surface area contributed by atoms with Crippen molar-refractivity contribution in [3.05, 3.63) is 29.0 Å². The molecule has 114 valence electrons. The van der Waals surface area contributed by atoms with E-state index >= 15 is 0 Å². The standard InChI is InChI=1S/C14H16N6OS/c1-4-11-12(22-19-18-11)14(21)17-10-5-9-6-16-20(8(2)3)13(9)15-7-10/h5-8H,4H2,1-3H3,(H,17,21). The maximum atomic E-state index is 12.3. The first-order valence-corrected chi connectivity index (χ1v) is 7.83. The number of carbonyl (C=O) groups excluding carboxylic acids is 1. The summed E-state index contributed by atoms with van der Waals surface area (Å²) in [6.45, 7) is 6.04. The van der Waals surface area contributed by atoms with E-state index in [0.717, 1.165) is 22.6 Å². The average molecular weight is 316 g/mol. The molecule has 22 heavy (non-hydrogen) atoms. The number of rotatable bonds is 4. The summed E-state index contributed by atoms with van der Waals surface area (Å²) >= 11 is 1.10. The zero-order valence-electron chi connectivity index (χ0n) is 12.6. The van der Waals surface area contributed by atoms with Crippen LogP contribution in [0.15, 0.2) is 18.5 Å². The molecule has 0 saturated carbocycles. The van der Waals surface area contributed by atoms with Crippen molar-refractivity contribution in [2.45, 2.75) is 33.2 Å². The Labute approximate surface area is 131 Å². The van der Waals surface area contributed by atoms with Gasteiger partial charge >= 0.3 is 0 Å². The highest BCUT2D eigenvalue weighted by atomic mass is 32.1. The maximum Gasteiger partial charge on any atom is 0.269 e. The lowest BCUT2D eigenvalue weighted by Gasteiger charge is -2.07. The van der Waals surface area contributed by atoms with E-state index in [1.807, 2.05) is 31.5 Å². The summed E-state index contributed by atoms with van der Waals surface area (Å²) in [5.74, 6) is -0.204. The topological polar surface area (TPSA) is 85.6 Å². The summed E-state index contributed by atoms with van der Waals surface area (Å²) in [4.78, 5) is 17.2. The molecule has 0 radical (unpaired) electrons. The largest absolute Gasteiger partial charge is 0.320 e. The van der Waals surface area contributed by atoms with Crippen LogP contribution < -0.4 is 5.32 Å². The number of carbonyl (C=O) groups is 1. The summed E-state index contributed by atoms with van der Waals surface area (Å²) in [5.41, 5.74) is 2.15. The monoisotopic (exact) mass is 316 g/mol. The smallest absolute Gasteiger partial charge is 0.269 e. The number of fused-ring (bicyclic) bond motifs is 1. The Morgan fingerprint density at radius 1 is 1.41 bits per heavy atom. The molecule has 0 aliphatic heterocycles. The molecular formula is C14H16N6OS. The van der Waals surface area contributed by atoms with E-state index in [-0.39, 0.29) is 11.9 Å². The van der Waals surface area contributed by atoms with E-state index in [1.165, 1.54) is 0 Å². The van der Waals surface area contributed by atoms with Crippen LogP contribution in [-0.2, 0) is 6.42 Å². The van der Waals surface area contributed by atoms with Crippen LogP contribution in [-0.4, -0.2) is 30.3 Å². The number of aromatic nitrogens is 5. The first-order chi connectivity index (χ1) is 10.6. The average Bonchev–Trinajstić information content (AvgIpc) is 3.13. The quantitative estimate of drug-likeness (QED) is 0.800. The van der Waals surface area contributed by atoms with Gasteiger partial charge in [0.15, 0.2) is 5.65 Å². The number of nitrogens with one attached hydrogen (secondary N) is 1. The highest BCUT2D eigenvalue weighted by Crippen LogP contribution is 2.20. The Hall–Kier alpha value is -2.35. The third-order valence-corrected chi connectivity index (χ3v) is 4.04. The van der Waals surface area contributed by atoms with Gasteiger partial charge in [-0.15, -0.1) is 5.10 Å². The summed E-state index contributed by atoms with van der Waals surface area (Å²) in [7, 11) is 0. The van der Waals surface area contributed by atoms with Crippen LogP contribution in [0.4, 0.5) is 5.69 Å². The number of anilines is 1. The molecule has 8 heteroatoms. The SMILES string of the molecule is CCc1nnsc1C(=O)Nc1cnc2c(cnn2C(C)C)c1. The summed E-state index contributed by atoms with van der Waals surface area (Å²) < 4.78 is 5.68. The molecule has 3 rings (SSSR count). The molecule has 7 nitrogen and oxygen atoms in total. The molecule has 1 amide bonds. The van der Waals surface area contributed by atoms with Crippen molar-refractivity contribution in [2.75, 3.05) is 5.32 Å².